The van der Waals surface area contributed by atoms with Crippen LogP contribution in [0.15, 0.2) is 68.4 Å². The summed E-state index contributed by atoms with van der Waals surface area (Å²) in [7, 11) is 0. The van der Waals surface area contributed by atoms with Gasteiger partial charge in [-0.1, -0.05) is 49.6 Å². The third-order valence-electron chi connectivity index (χ3n) is 4.69. The van der Waals surface area contributed by atoms with Crippen molar-refractivity contribution in [3.63, 3.8) is 0 Å². The summed E-state index contributed by atoms with van der Waals surface area (Å²) in [5, 5.41) is 3.30. The van der Waals surface area contributed by atoms with Crippen LogP contribution >= 0.6 is 0 Å². The molecule has 0 aromatic heterocycles. The van der Waals surface area contributed by atoms with Gasteiger partial charge in [-0.15, -0.1) is 6.58 Å². The Morgan fingerprint density at radius 3 is 2.54 bits per heavy atom. The minimum atomic E-state index is 0.301. The van der Waals surface area contributed by atoms with E-state index in [4.69, 9.17) is 0 Å². The van der Waals surface area contributed by atoms with Gasteiger partial charge < -0.3 is 5.32 Å². The van der Waals surface area contributed by atoms with Gasteiger partial charge in [0.25, 0.3) is 0 Å². The van der Waals surface area contributed by atoms with E-state index in [2.05, 4.69) is 62.3 Å². The second-order valence-corrected chi connectivity index (χ2v) is 6.34. The maximum atomic E-state index is 4.42. The van der Waals surface area contributed by atoms with Crippen LogP contribution < -0.4 is 5.32 Å². The van der Waals surface area contributed by atoms with Crippen LogP contribution in [-0.2, 0) is 6.54 Å². The van der Waals surface area contributed by atoms with E-state index in [0.29, 0.717) is 11.8 Å². The molecule has 0 saturated heterocycles. The third kappa shape index (κ3) is 3.79. The van der Waals surface area contributed by atoms with E-state index in [-0.39, 0.29) is 0 Å². The van der Waals surface area contributed by atoms with Crippen LogP contribution in [0, 0.1) is 11.8 Å². The lowest BCUT2D eigenvalue weighted by molar-refractivity contribution is 0.545. The Kier molecular flexibility index (Phi) is 6.43. The minimum Gasteiger partial charge on any atom is -0.387 e. The number of benzene rings is 1. The molecule has 0 heterocycles. The van der Waals surface area contributed by atoms with Crippen molar-refractivity contribution in [3.05, 3.63) is 85.1 Å². The minimum absolute atomic E-state index is 0.301. The highest BCUT2D eigenvalue weighted by Gasteiger charge is 2.33. The van der Waals surface area contributed by atoms with Crippen molar-refractivity contribution in [2.24, 2.45) is 11.8 Å². The van der Waals surface area contributed by atoms with Gasteiger partial charge in [-0.05, 0) is 72.7 Å². The fourth-order valence-electron chi connectivity index (χ4n) is 3.54. The number of rotatable bonds is 8. The van der Waals surface area contributed by atoms with Crippen molar-refractivity contribution in [1.29, 1.82) is 0 Å². The zero-order valence-electron chi connectivity index (χ0n) is 15.0. The number of hydrogen-bond acceptors (Lipinski definition) is 1. The Morgan fingerprint density at radius 2 is 1.88 bits per heavy atom. The van der Waals surface area contributed by atoms with Crippen LogP contribution in [0.25, 0.3) is 11.1 Å². The lowest BCUT2D eigenvalue weighted by Crippen LogP contribution is -2.11. The molecule has 0 fully saturated rings. The van der Waals surface area contributed by atoms with Gasteiger partial charge in [0.05, 0.1) is 0 Å². The van der Waals surface area contributed by atoms with Gasteiger partial charge in [-0.2, -0.15) is 0 Å². The molecule has 2 atom stereocenters. The largest absolute Gasteiger partial charge is 0.387 e. The molecule has 1 aliphatic rings. The summed E-state index contributed by atoms with van der Waals surface area (Å²) in [6.45, 7) is 17.6. The third-order valence-corrected chi connectivity index (χ3v) is 4.69. The Labute approximate surface area is 147 Å². The zero-order chi connectivity index (χ0) is 17.5. The van der Waals surface area contributed by atoms with Crippen LogP contribution in [-0.4, -0.2) is 0 Å². The monoisotopic (exact) mass is 319 g/mol. The molecule has 1 heteroatoms. The summed E-state index contributed by atoms with van der Waals surface area (Å²) in [6.07, 6.45) is 12.5. The van der Waals surface area contributed by atoms with Gasteiger partial charge in [-0.25, -0.2) is 0 Å². The first-order valence-corrected chi connectivity index (χ1v) is 8.73. The molecule has 24 heavy (non-hydrogen) atoms. The predicted molar refractivity (Wildman–Crippen MR) is 107 cm³/mol. The van der Waals surface area contributed by atoms with Crippen LogP contribution in [0.3, 0.4) is 0 Å². The summed E-state index contributed by atoms with van der Waals surface area (Å²) in [6, 6.07) is 6.65. The fraction of sp³-hybridized carbons (Fsp3) is 0.304. The van der Waals surface area contributed by atoms with Crippen molar-refractivity contribution in [1.82, 2.24) is 5.32 Å². The average molecular weight is 319 g/mol. The van der Waals surface area contributed by atoms with Crippen molar-refractivity contribution >= 4 is 11.1 Å². The van der Waals surface area contributed by atoms with Gasteiger partial charge in [0, 0.05) is 12.5 Å². The second kappa shape index (κ2) is 8.54. The summed E-state index contributed by atoms with van der Waals surface area (Å²) in [5.74, 6) is 0.736. The summed E-state index contributed by atoms with van der Waals surface area (Å²) in [4.78, 5) is 0. The van der Waals surface area contributed by atoms with Gasteiger partial charge >= 0.3 is 0 Å². The smallest absolute Gasteiger partial charge is 0.0395 e. The molecule has 0 saturated carbocycles. The Balaban J connectivity index is 2.27. The van der Waals surface area contributed by atoms with Crippen LogP contribution in [0.1, 0.15) is 43.4 Å². The first kappa shape index (κ1) is 18.1. The lowest BCUT2D eigenvalue weighted by atomic mass is 9.81. The second-order valence-electron chi connectivity index (χ2n) is 6.34. The lowest BCUT2D eigenvalue weighted by Gasteiger charge is -2.22. The van der Waals surface area contributed by atoms with E-state index in [9.17, 15) is 0 Å². The SMILES string of the molecule is C=CCCC(/C=C\C)C1C(=C)c2ccc(CN/C=C\C)cc2C1=C. The molecular formula is C23H29N. The van der Waals surface area contributed by atoms with E-state index >= 15 is 0 Å². The first-order valence-electron chi connectivity index (χ1n) is 8.73. The van der Waals surface area contributed by atoms with Crippen molar-refractivity contribution in [3.8, 4) is 0 Å². The molecule has 1 aromatic carbocycles. The molecular weight excluding hydrogens is 290 g/mol. The number of fused-ring (bicyclic) bond motifs is 1. The zero-order valence-corrected chi connectivity index (χ0v) is 15.0. The Morgan fingerprint density at radius 1 is 1.12 bits per heavy atom. The Bertz CT molecular complexity index is 675. The predicted octanol–water partition coefficient (Wildman–Crippen LogP) is 6.12. The number of allylic oxidation sites excluding steroid dienone is 6. The molecule has 2 unspecified atom stereocenters. The number of nitrogens with one attached hydrogen (secondary N) is 1. The first-order chi connectivity index (χ1) is 11.6. The van der Waals surface area contributed by atoms with Gasteiger partial charge in [0.1, 0.15) is 0 Å². The quantitative estimate of drug-likeness (QED) is 0.569. The molecule has 126 valence electrons. The molecule has 2 rings (SSSR count). The molecule has 0 aliphatic heterocycles. The summed E-state index contributed by atoms with van der Waals surface area (Å²) in [5.41, 5.74) is 6.20. The van der Waals surface area contributed by atoms with Gasteiger partial charge in [0.2, 0.25) is 0 Å². The molecule has 1 nitrogen and oxygen atoms in total. The molecule has 0 bridgehead atoms. The Hall–Kier alpha value is -2.28. The highest BCUT2D eigenvalue weighted by Crippen LogP contribution is 2.48. The van der Waals surface area contributed by atoms with E-state index < -0.39 is 0 Å². The van der Waals surface area contributed by atoms with Crippen molar-refractivity contribution in [2.75, 3.05) is 0 Å². The van der Waals surface area contributed by atoms with Crippen LogP contribution in [0.5, 0.6) is 0 Å². The number of hydrogen-bond donors (Lipinski definition) is 1. The molecule has 1 N–H and O–H groups in total. The van der Waals surface area contributed by atoms with Crippen LogP contribution in [0.2, 0.25) is 0 Å². The van der Waals surface area contributed by atoms with E-state index in [1.807, 2.05) is 25.3 Å². The summed E-state index contributed by atoms with van der Waals surface area (Å²) < 4.78 is 0. The topological polar surface area (TPSA) is 12.0 Å². The summed E-state index contributed by atoms with van der Waals surface area (Å²) >= 11 is 0. The van der Waals surface area contributed by atoms with Crippen molar-refractivity contribution < 1.29 is 0 Å². The molecule has 0 spiro atoms. The maximum Gasteiger partial charge on any atom is 0.0395 e. The molecule has 0 radical (unpaired) electrons. The van der Waals surface area contributed by atoms with E-state index in [1.54, 1.807) is 0 Å². The molecule has 1 aliphatic carbocycles. The van der Waals surface area contributed by atoms with Crippen molar-refractivity contribution in [2.45, 2.75) is 33.2 Å². The maximum absolute atomic E-state index is 4.42. The van der Waals surface area contributed by atoms with Gasteiger partial charge in [0.15, 0.2) is 0 Å². The van der Waals surface area contributed by atoms with E-state index in [1.165, 1.54) is 27.8 Å². The average Bonchev–Trinajstić information content (AvgIpc) is 2.83. The van der Waals surface area contributed by atoms with Crippen LogP contribution in [0.4, 0.5) is 0 Å². The molecule has 0 amide bonds. The fourth-order valence-corrected chi connectivity index (χ4v) is 3.54. The standard InChI is InChI=1S/C23H29N/c1-6-9-11-20(10-7-2)23-17(4)21-13-12-19(16-24-14-8-3)15-22(21)18(23)5/h6-8,10,12-15,20,23-24H,1,4-5,9,11,16H2,2-3H3/b10-7-,14-8-. The normalized spacial score (nSPS) is 18.3. The molecule has 1 aromatic rings. The van der Waals surface area contributed by atoms with E-state index in [0.717, 1.165) is 19.4 Å². The highest BCUT2D eigenvalue weighted by molar-refractivity contribution is 5.93. The highest BCUT2D eigenvalue weighted by atomic mass is 14.8. The van der Waals surface area contributed by atoms with Gasteiger partial charge in [-0.3, -0.25) is 0 Å².